The van der Waals surface area contributed by atoms with Gasteiger partial charge in [-0.1, -0.05) is 72.8 Å². The van der Waals surface area contributed by atoms with E-state index in [0.29, 0.717) is 12.1 Å². The van der Waals surface area contributed by atoms with Crippen molar-refractivity contribution in [3.05, 3.63) is 126 Å². The number of nitrogens with zero attached hydrogens (tertiary/aromatic N) is 2. The van der Waals surface area contributed by atoms with Gasteiger partial charge in [-0.15, -0.1) is 0 Å². The van der Waals surface area contributed by atoms with Crippen molar-refractivity contribution in [1.29, 1.82) is 0 Å². The summed E-state index contributed by atoms with van der Waals surface area (Å²) in [7, 11) is 0. The third-order valence-corrected chi connectivity index (χ3v) is 5.11. The molecule has 3 aromatic carbocycles. The zero-order chi connectivity index (χ0) is 21.5. The molecule has 1 aliphatic heterocycles. The molecule has 0 fully saturated rings. The molecule has 1 aliphatic rings. The summed E-state index contributed by atoms with van der Waals surface area (Å²) in [6, 6.07) is 25.0. The maximum absolute atomic E-state index is 10.1. The summed E-state index contributed by atoms with van der Waals surface area (Å²) in [6.07, 6.45) is 11.9. The Balaban J connectivity index is 1.68. The first kappa shape index (κ1) is 20.2. The fraction of sp³-hybridized carbons (Fsp3) is 0.0741. The Morgan fingerprint density at radius 2 is 1.58 bits per heavy atom. The van der Waals surface area contributed by atoms with Gasteiger partial charge in [0, 0.05) is 29.7 Å². The molecule has 31 heavy (non-hydrogen) atoms. The van der Waals surface area contributed by atoms with Crippen LogP contribution in [0, 0.1) is 0 Å². The fourth-order valence-electron chi connectivity index (χ4n) is 3.57. The lowest BCUT2D eigenvalue weighted by atomic mass is 10.0. The van der Waals surface area contributed by atoms with Crippen molar-refractivity contribution < 1.29 is 10.2 Å². The van der Waals surface area contributed by atoms with E-state index in [9.17, 15) is 10.2 Å². The van der Waals surface area contributed by atoms with Gasteiger partial charge in [-0.3, -0.25) is 4.99 Å². The fourth-order valence-corrected chi connectivity index (χ4v) is 3.57. The first-order chi connectivity index (χ1) is 15.2. The van der Waals surface area contributed by atoms with E-state index in [4.69, 9.17) is 0 Å². The van der Waals surface area contributed by atoms with Crippen molar-refractivity contribution in [3.8, 4) is 11.5 Å². The lowest BCUT2D eigenvalue weighted by molar-refractivity contribution is 0.402. The Kier molecular flexibility index (Phi) is 6.29. The van der Waals surface area contributed by atoms with E-state index in [1.54, 1.807) is 12.3 Å². The van der Waals surface area contributed by atoms with Gasteiger partial charge in [-0.2, -0.15) is 0 Å². The monoisotopic (exact) mass is 408 g/mol. The van der Waals surface area contributed by atoms with Crippen LogP contribution in [-0.2, 0) is 0 Å². The van der Waals surface area contributed by atoms with Gasteiger partial charge in [0.1, 0.15) is 11.5 Å². The third-order valence-electron chi connectivity index (χ3n) is 5.11. The first-order valence-electron chi connectivity index (χ1n) is 10.2. The maximum atomic E-state index is 10.1. The summed E-state index contributed by atoms with van der Waals surface area (Å²) < 4.78 is 0. The summed E-state index contributed by atoms with van der Waals surface area (Å²) >= 11 is 0. The van der Waals surface area contributed by atoms with Crippen LogP contribution in [0.15, 0.2) is 114 Å². The third kappa shape index (κ3) is 4.93. The molecule has 4 nitrogen and oxygen atoms in total. The predicted octanol–water partition coefficient (Wildman–Crippen LogP) is 5.68. The highest BCUT2D eigenvalue weighted by Gasteiger charge is 2.22. The smallest absolute Gasteiger partial charge is 0.128 e. The molecule has 2 N–H and O–H groups in total. The van der Waals surface area contributed by atoms with Crippen LogP contribution in [0.2, 0.25) is 0 Å². The van der Waals surface area contributed by atoms with Crippen molar-refractivity contribution >= 4 is 11.9 Å². The molecule has 1 heterocycles. The van der Waals surface area contributed by atoms with E-state index in [-0.39, 0.29) is 17.5 Å². The van der Waals surface area contributed by atoms with Crippen LogP contribution in [0.25, 0.3) is 5.70 Å². The van der Waals surface area contributed by atoms with E-state index >= 15 is 0 Å². The Labute approximate surface area is 182 Å². The lowest BCUT2D eigenvalue weighted by Gasteiger charge is -2.32. The predicted molar refractivity (Wildman–Crippen MR) is 126 cm³/mol. The van der Waals surface area contributed by atoms with Crippen LogP contribution in [0.5, 0.6) is 11.5 Å². The van der Waals surface area contributed by atoms with E-state index < -0.39 is 0 Å². The molecular formula is C27H24N2O2. The minimum atomic E-state index is -0.0423. The Morgan fingerprint density at radius 1 is 0.839 bits per heavy atom. The summed E-state index contributed by atoms with van der Waals surface area (Å²) in [5.74, 6) is 0.0282. The minimum absolute atomic E-state index is 0.00347. The van der Waals surface area contributed by atoms with Crippen LogP contribution in [-0.4, -0.2) is 27.9 Å². The normalized spacial score (nSPS) is 14.5. The largest absolute Gasteiger partial charge is 0.508 e. The number of allylic oxidation sites excluding steroid dienone is 4. The number of phenolic OH excluding ortho intramolecular Hbond substituents is 2. The molecule has 3 aromatic rings. The quantitative estimate of drug-likeness (QED) is 0.516. The SMILES string of the molecule is Oc1ccc(C=NC[C@@H](c2ccccc2)N2C=CC=CC=C2c2ccccc2)c(O)c1. The number of benzene rings is 3. The molecule has 154 valence electrons. The van der Waals surface area contributed by atoms with Crippen LogP contribution in [0.1, 0.15) is 22.7 Å². The molecule has 1 atom stereocenters. The van der Waals surface area contributed by atoms with Gasteiger partial charge in [0.05, 0.1) is 12.6 Å². The van der Waals surface area contributed by atoms with Crippen molar-refractivity contribution in [3.63, 3.8) is 0 Å². The van der Waals surface area contributed by atoms with Gasteiger partial charge in [0.15, 0.2) is 0 Å². The summed E-state index contributed by atoms with van der Waals surface area (Å²) in [6.45, 7) is 0.485. The lowest BCUT2D eigenvalue weighted by Crippen LogP contribution is -2.24. The number of hydrogen-bond donors (Lipinski definition) is 2. The Bertz CT molecular complexity index is 1130. The second-order valence-corrected chi connectivity index (χ2v) is 7.22. The Morgan fingerprint density at radius 3 is 2.32 bits per heavy atom. The van der Waals surface area contributed by atoms with Gasteiger partial charge in [0.25, 0.3) is 0 Å². The number of hydrogen-bond acceptors (Lipinski definition) is 4. The van der Waals surface area contributed by atoms with Crippen molar-refractivity contribution in [1.82, 2.24) is 4.90 Å². The van der Waals surface area contributed by atoms with E-state index in [2.05, 4.69) is 46.4 Å². The number of rotatable bonds is 6. The topological polar surface area (TPSA) is 56.1 Å². The minimum Gasteiger partial charge on any atom is -0.508 e. The van der Waals surface area contributed by atoms with Gasteiger partial charge in [-0.25, -0.2) is 0 Å². The van der Waals surface area contributed by atoms with Gasteiger partial charge >= 0.3 is 0 Å². The van der Waals surface area contributed by atoms with Crippen LogP contribution < -0.4 is 0 Å². The molecule has 0 saturated heterocycles. The second kappa shape index (κ2) is 9.63. The maximum Gasteiger partial charge on any atom is 0.128 e. The van der Waals surface area contributed by atoms with Crippen molar-refractivity contribution in [2.75, 3.05) is 6.54 Å². The van der Waals surface area contributed by atoms with E-state index in [1.807, 2.05) is 54.6 Å². The average Bonchev–Trinajstić information content (AvgIpc) is 3.05. The molecule has 4 heteroatoms. The van der Waals surface area contributed by atoms with E-state index in [1.165, 1.54) is 12.1 Å². The molecule has 0 saturated carbocycles. The second-order valence-electron chi connectivity index (χ2n) is 7.22. The molecular weight excluding hydrogens is 384 g/mol. The summed E-state index contributed by atoms with van der Waals surface area (Å²) in [5, 5.41) is 19.6. The highest BCUT2D eigenvalue weighted by Crippen LogP contribution is 2.32. The van der Waals surface area contributed by atoms with Gasteiger partial charge in [-0.05, 0) is 35.4 Å². The first-order valence-corrected chi connectivity index (χ1v) is 10.2. The average molecular weight is 409 g/mol. The summed E-state index contributed by atoms with van der Waals surface area (Å²) in [5.41, 5.74) is 3.92. The Hall–Kier alpha value is -4.05. The highest BCUT2D eigenvalue weighted by atomic mass is 16.3. The molecule has 0 spiro atoms. The summed E-state index contributed by atoms with van der Waals surface area (Å²) in [4.78, 5) is 6.89. The van der Waals surface area contributed by atoms with Crippen LogP contribution in [0.4, 0.5) is 0 Å². The molecule has 0 aromatic heterocycles. The number of aromatic hydroxyl groups is 2. The molecule has 4 rings (SSSR count). The van der Waals surface area contributed by atoms with Crippen LogP contribution >= 0.6 is 0 Å². The van der Waals surface area contributed by atoms with Gasteiger partial charge in [0.2, 0.25) is 0 Å². The van der Waals surface area contributed by atoms with Crippen molar-refractivity contribution in [2.45, 2.75) is 6.04 Å². The molecule has 0 aliphatic carbocycles. The molecule has 0 amide bonds. The number of phenols is 2. The van der Waals surface area contributed by atoms with E-state index in [0.717, 1.165) is 16.8 Å². The highest BCUT2D eigenvalue weighted by molar-refractivity contribution is 5.83. The van der Waals surface area contributed by atoms with Crippen LogP contribution in [0.3, 0.4) is 0 Å². The zero-order valence-electron chi connectivity index (χ0n) is 17.0. The zero-order valence-corrected chi connectivity index (χ0v) is 17.0. The van der Waals surface area contributed by atoms with Gasteiger partial charge < -0.3 is 15.1 Å². The number of aliphatic imine (C=N–C) groups is 1. The molecule has 0 unspecified atom stereocenters. The van der Waals surface area contributed by atoms with Crippen molar-refractivity contribution in [2.24, 2.45) is 4.99 Å². The molecule has 0 radical (unpaired) electrons. The molecule has 0 bridgehead atoms. The standard InChI is InChI=1S/C27H24N2O2/c30-24-16-15-23(27(31)18-24)19-28-20-26(22-12-6-2-7-13-22)29-17-9-3-8-14-25(29)21-10-4-1-5-11-21/h1-19,26,30-31H,20H2/t26-/m0/s1.